The van der Waals surface area contributed by atoms with Gasteiger partial charge in [0.15, 0.2) is 0 Å². The van der Waals surface area contributed by atoms with Gasteiger partial charge in [0.25, 0.3) is 0 Å². The van der Waals surface area contributed by atoms with Gasteiger partial charge in [0.2, 0.25) is 0 Å². The molecule has 11 aromatic rings. The summed E-state index contributed by atoms with van der Waals surface area (Å²) in [5, 5.41) is 8.24. The van der Waals surface area contributed by atoms with Gasteiger partial charge in [-0.05, 0) is 124 Å². The molecule has 9 aromatic carbocycles. The minimum absolute atomic E-state index is 0.900. The minimum Gasteiger partial charge on any atom is -0.456 e. The Balaban J connectivity index is 0.921. The topological polar surface area (TPSA) is 29.5 Å². The highest BCUT2D eigenvalue weighted by atomic mass is 16.3. The lowest BCUT2D eigenvalue weighted by Crippen LogP contribution is -2.09. The zero-order chi connectivity index (χ0) is 38.9. The quantitative estimate of drug-likeness (QED) is 0.169. The number of nitrogens with zero attached hydrogens (tertiary/aromatic N) is 1. The van der Waals surface area contributed by atoms with Gasteiger partial charge < -0.3 is 13.7 Å². The van der Waals surface area contributed by atoms with E-state index in [9.17, 15) is 0 Å². The van der Waals surface area contributed by atoms with Crippen LogP contribution in [0.5, 0.6) is 0 Å². The second kappa shape index (κ2) is 13.5. The number of fused-ring (bicyclic) bond motifs is 9. The fraction of sp³-hybridized carbons (Fsp3) is 0.0357. The van der Waals surface area contributed by atoms with Crippen LogP contribution in [0.15, 0.2) is 203 Å². The van der Waals surface area contributed by atoms with Crippen LogP contribution in [-0.2, 0) is 6.42 Å². The second-order valence-corrected chi connectivity index (χ2v) is 15.6. The van der Waals surface area contributed by atoms with Gasteiger partial charge in [-0.3, -0.25) is 0 Å². The molecular weight excluding hydrogens is 719 g/mol. The highest BCUT2D eigenvalue weighted by Gasteiger charge is 2.20. The highest BCUT2D eigenvalue weighted by Crippen LogP contribution is 2.44. The first-order valence-corrected chi connectivity index (χ1v) is 20.4. The predicted octanol–water partition coefficient (Wildman–Crippen LogP) is 16.1. The van der Waals surface area contributed by atoms with Crippen LogP contribution in [0.1, 0.15) is 17.7 Å². The summed E-state index contributed by atoms with van der Waals surface area (Å²) in [7, 11) is 0. The molecule has 0 aliphatic heterocycles. The molecule has 0 atom stereocenters. The fourth-order valence-corrected chi connectivity index (χ4v) is 9.22. The van der Waals surface area contributed by atoms with E-state index in [1.165, 1.54) is 49.4 Å². The molecule has 12 rings (SSSR count). The normalized spacial score (nSPS) is 12.5. The van der Waals surface area contributed by atoms with Gasteiger partial charge in [-0.1, -0.05) is 133 Å². The molecule has 0 bridgehead atoms. The lowest BCUT2D eigenvalue weighted by atomic mass is 9.93. The molecule has 0 unspecified atom stereocenters. The summed E-state index contributed by atoms with van der Waals surface area (Å²) in [6.45, 7) is 0. The zero-order valence-corrected chi connectivity index (χ0v) is 32.2. The molecule has 59 heavy (non-hydrogen) atoms. The van der Waals surface area contributed by atoms with Crippen molar-refractivity contribution in [2.75, 3.05) is 4.90 Å². The maximum Gasteiger partial charge on any atom is 0.143 e. The summed E-state index contributed by atoms with van der Waals surface area (Å²) in [6.07, 6.45) is 6.38. The molecular formula is C56H37NO2. The molecule has 0 N–H and O–H groups in total. The minimum atomic E-state index is 0.900. The number of aryl methyl sites for hydroxylation is 1. The van der Waals surface area contributed by atoms with Crippen molar-refractivity contribution in [1.29, 1.82) is 0 Å². The summed E-state index contributed by atoms with van der Waals surface area (Å²) in [5.41, 5.74) is 14.3. The Hall–Kier alpha value is -7.62. The zero-order valence-electron chi connectivity index (χ0n) is 32.2. The average Bonchev–Trinajstić information content (AvgIpc) is 3.88. The van der Waals surface area contributed by atoms with E-state index in [0.29, 0.717) is 0 Å². The van der Waals surface area contributed by atoms with Crippen molar-refractivity contribution < 1.29 is 8.83 Å². The smallest absolute Gasteiger partial charge is 0.143 e. The van der Waals surface area contributed by atoms with Crippen LogP contribution in [0.2, 0.25) is 0 Å². The van der Waals surface area contributed by atoms with Gasteiger partial charge in [0.05, 0.1) is 0 Å². The number of hydrogen-bond acceptors (Lipinski definition) is 3. The van der Waals surface area contributed by atoms with Crippen molar-refractivity contribution >= 4 is 77.6 Å². The Morgan fingerprint density at radius 1 is 0.390 bits per heavy atom. The first-order chi connectivity index (χ1) is 29.2. The summed E-state index contributed by atoms with van der Waals surface area (Å²) in [6, 6.07) is 67.7. The summed E-state index contributed by atoms with van der Waals surface area (Å²) < 4.78 is 13.1. The van der Waals surface area contributed by atoms with Crippen LogP contribution in [0.3, 0.4) is 0 Å². The summed E-state index contributed by atoms with van der Waals surface area (Å²) in [5.74, 6) is 0.998. The van der Waals surface area contributed by atoms with E-state index < -0.39 is 0 Å². The van der Waals surface area contributed by atoms with E-state index >= 15 is 0 Å². The molecule has 0 amide bonds. The third-order valence-electron chi connectivity index (χ3n) is 12.1. The van der Waals surface area contributed by atoms with Crippen LogP contribution in [-0.4, -0.2) is 0 Å². The number of benzene rings is 9. The molecule has 3 heteroatoms. The number of rotatable bonds is 6. The van der Waals surface area contributed by atoms with Crippen LogP contribution in [0.25, 0.3) is 93.9 Å². The van der Waals surface area contributed by atoms with Crippen LogP contribution in [0, 0.1) is 0 Å². The Bertz CT molecular complexity index is 3420. The largest absolute Gasteiger partial charge is 0.456 e. The SMILES string of the molecule is C1=Cc2oc3ccc(-c4ccc(N(c5ccccc5)c5ccc(-c6cccc7c6oc6c8ccccc8c(-c8ccc9ccccc9c8)cc76)cc5)cc4)cc3c2CC1. The Morgan fingerprint density at radius 3 is 1.88 bits per heavy atom. The molecule has 0 fully saturated rings. The Morgan fingerprint density at radius 2 is 1.05 bits per heavy atom. The average molecular weight is 756 g/mol. The summed E-state index contributed by atoms with van der Waals surface area (Å²) in [4.78, 5) is 2.32. The molecule has 0 spiro atoms. The van der Waals surface area contributed by atoms with Gasteiger partial charge >= 0.3 is 0 Å². The molecule has 1 aliphatic carbocycles. The molecule has 1 aliphatic rings. The van der Waals surface area contributed by atoms with Gasteiger partial charge in [-0.2, -0.15) is 0 Å². The van der Waals surface area contributed by atoms with Crippen molar-refractivity contribution in [1.82, 2.24) is 0 Å². The lowest BCUT2D eigenvalue weighted by Gasteiger charge is -2.26. The van der Waals surface area contributed by atoms with E-state index in [2.05, 4.69) is 205 Å². The monoisotopic (exact) mass is 755 g/mol. The highest BCUT2D eigenvalue weighted by molar-refractivity contribution is 6.21. The standard InChI is InChI=1S/C56H37NO2/c1-2-13-42(14-3-1)57(43-28-23-37(24-29-43)40-27-32-54-51(34-40)47-16-8-9-20-53(47)58-54)44-30-25-38(26-31-44)45-18-10-19-49-52-35-50(41-22-21-36-11-4-5-12-39(36)33-41)46-15-6-7-17-48(46)56(52)59-55(45)49/h1-7,9-15,17-35H,8,16H2. The van der Waals surface area contributed by atoms with Gasteiger partial charge in [0.1, 0.15) is 22.5 Å². The van der Waals surface area contributed by atoms with E-state index in [1.807, 2.05) is 0 Å². The number of hydrogen-bond donors (Lipinski definition) is 0. The number of para-hydroxylation sites is 2. The lowest BCUT2D eigenvalue weighted by molar-refractivity contribution is 0.595. The van der Waals surface area contributed by atoms with Crippen molar-refractivity contribution in [2.24, 2.45) is 0 Å². The molecule has 3 nitrogen and oxygen atoms in total. The van der Waals surface area contributed by atoms with Gasteiger partial charge in [0, 0.05) is 49.7 Å². The first-order valence-electron chi connectivity index (χ1n) is 20.4. The van der Waals surface area contributed by atoms with Crippen molar-refractivity contribution in [2.45, 2.75) is 12.8 Å². The number of furan rings is 2. The maximum absolute atomic E-state index is 6.90. The maximum atomic E-state index is 6.90. The molecule has 2 heterocycles. The van der Waals surface area contributed by atoms with Crippen LogP contribution < -0.4 is 4.90 Å². The first kappa shape index (κ1) is 33.5. The van der Waals surface area contributed by atoms with Gasteiger partial charge in [-0.25, -0.2) is 0 Å². The van der Waals surface area contributed by atoms with Crippen molar-refractivity contribution in [3.05, 3.63) is 205 Å². The van der Waals surface area contributed by atoms with Crippen molar-refractivity contribution in [3.63, 3.8) is 0 Å². The Labute approximate surface area is 341 Å². The molecule has 0 saturated heterocycles. The molecule has 278 valence electrons. The van der Waals surface area contributed by atoms with E-state index in [0.717, 1.165) is 79.7 Å². The fourth-order valence-electron chi connectivity index (χ4n) is 9.22. The third kappa shape index (κ3) is 5.58. The second-order valence-electron chi connectivity index (χ2n) is 15.6. The van der Waals surface area contributed by atoms with Crippen LogP contribution in [0.4, 0.5) is 17.1 Å². The predicted molar refractivity (Wildman–Crippen MR) is 247 cm³/mol. The third-order valence-corrected chi connectivity index (χ3v) is 12.1. The molecule has 0 radical (unpaired) electrons. The number of allylic oxidation sites excluding steroid dienone is 1. The van der Waals surface area contributed by atoms with E-state index in [-0.39, 0.29) is 0 Å². The van der Waals surface area contributed by atoms with Crippen LogP contribution >= 0.6 is 0 Å². The van der Waals surface area contributed by atoms with E-state index in [4.69, 9.17) is 8.83 Å². The molecule has 0 saturated carbocycles. The molecule has 2 aromatic heterocycles. The number of anilines is 3. The summed E-state index contributed by atoms with van der Waals surface area (Å²) >= 11 is 0. The van der Waals surface area contributed by atoms with E-state index in [1.54, 1.807) is 0 Å². The van der Waals surface area contributed by atoms with Gasteiger partial charge in [-0.15, -0.1) is 0 Å². The van der Waals surface area contributed by atoms with Crippen molar-refractivity contribution in [3.8, 4) is 33.4 Å². The Kier molecular flexibility index (Phi) is 7.67.